The summed E-state index contributed by atoms with van der Waals surface area (Å²) in [5, 5.41) is 12.8. The van der Waals surface area contributed by atoms with E-state index in [4.69, 9.17) is 9.94 Å². The van der Waals surface area contributed by atoms with Crippen LogP contribution < -0.4 is 0 Å². The zero-order valence-electron chi connectivity index (χ0n) is 10.9. The van der Waals surface area contributed by atoms with Crippen LogP contribution >= 0.6 is 0 Å². The molecule has 17 heavy (non-hydrogen) atoms. The zero-order chi connectivity index (χ0) is 13.1. The summed E-state index contributed by atoms with van der Waals surface area (Å²) < 4.78 is 0. The number of carboxylic acid groups (broad SMARTS) is 1. The molecule has 4 nitrogen and oxygen atoms in total. The van der Waals surface area contributed by atoms with E-state index >= 15 is 0 Å². The smallest absolute Gasteiger partial charge is 0.307 e. The molecule has 1 aliphatic rings. The highest BCUT2D eigenvalue weighted by molar-refractivity contribution is 5.80. The SMILES string of the molecule is CCCO/N=C/C(C)=C/[C@@H]1[C@@H](C(=O)O)C1(C)C. The Morgan fingerprint density at radius 1 is 1.53 bits per heavy atom. The molecule has 1 N–H and O–H groups in total. The molecule has 0 bridgehead atoms. The lowest BCUT2D eigenvalue weighted by Crippen LogP contribution is -2.03. The molecule has 1 fully saturated rings. The van der Waals surface area contributed by atoms with Gasteiger partial charge in [0.05, 0.1) is 12.1 Å². The van der Waals surface area contributed by atoms with Crippen LogP contribution in [0.3, 0.4) is 0 Å². The van der Waals surface area contributed by atoms with Crippen molar-refractivity contribution in [3.63, 3.8) is 0 Å². The van der Waals surface area contributed by atoms with Crippen molar-refractivity contribution >= 4 is 12.2 Å². The number of aliphatic carboxylic acids is 1. The molecule has 2 atom stereocenters. The summed E-state index contributed by atoms with van der Waals surface area (Å²) in [4.78, 5) is 16.0. The molecule has 0 unspecified atom stereocenters. The fourth-order valence-corrected chi connectivity index (χ4v) is 2.05. The Morgan fingerprint density at radius 2 is 2.18 bits per heavy atom. The number of hydrogen-bond acceptors (Lipinski definition) is 3. The molecule has 0 amide bonds. The second kappa shape index (κ2) is 5.34. The summed E-state index contributed by atoms with van der Waals surface area (Å²) in [5.74, 6) is -0.900. The van der Waals surface area contributed by atoms with Crippen molar-refractivity contribution in [1.82, 2.24) is 0 Å². The Balaban J connectivity index is 2.53. The van der Waals surface area contributed by atoms with Gasteiger partial charge in [0.2, 0.25) is 0 Å². The first-order valence-corrected chi connectivity index (χ1v) is 5.97. The van der Waals surface area contributed by atoms with Crippen LogP contribution in [0.15, 0.2) is 16.8 Å². The molecule has 0 aliphatic heterocycles. The zero-order valence-corrected chi connectivity index (χ0v) is 10.9. The quantitative estimate of drug-likeness (QED) is 0.440. The van der Waals surface area contributed by atoms with Crippen molar-refractivity contribution in [2.45, 2.75) is 34.1 Å². The lowest BCUT2D eigenvalue weighted by molar-refractivity contribution is -0.139. The number of carbonyl (C=O) groups is 1. The summed E-state index contributed by atoms with van der Waals surface area (Å²) in [5.41, 5.74) is 0.800. The van der Waals surface area contributed by atoms with Crippen molar-refractivity contribution in [2.75, 3.05) is 6.61 Å². The number of oxime groups is 1. The Bertz CT molecular complexity index is 345. The Kier molecular flexibility index (Phi) is 4.32. The molecule has 0 aromatic carbocycles. The highest BCUT2D eigenvalue weighted by Crippen LogP contribution is 2.59. The molecule has 1 saturated carbocycles. The van der Waals surface area contributed by atoms with Gasteiger partial charge in [-0.3, -0.25) is 4.79 Å². The Morgan fingerprint density at radius 3 is 2.65 bits per heavy atom. The summed E-state index contributed by atoms with van der Waals surface area (Å²) in [6, 6.07) is 0. The van der Waals surface area contributed by atoms with Gasteiger partial charge in [0.15, 0.2) is 0 Å². The maximum Gasteiger partial charge on any atom is 0.307 e. The van der Waals surface area contributed by atoms with E-state index in [1.807, 2.05) is 33.8 Å². The largest absolute Gasteiger partial charge is 0.481 e. The molecule has 0 aromatic heterocycles. The molecular weight excluding hydrogens is 218 g/mol. The summed E-state index contributed by atoms with van der Waals surface area (Å²) in [6.45, 7) is 8.49. The first-order valence-electron chi connectivity index (χ1n) is 5.97. The standard InChI is InChI=1S/C13H21NO3/c1-5-6-17-14-8-9(2)7-10-11(12(15)16)13(10,3)4/h7-8,10-11H,5-6H2,1-4H3,(H,15,16)/b9-7+,14-8+/t10-,11+/m1/s1. The van der Waals surface area contributed by atoms with Crippen LogP contribution in [0, 0.1) is 17.3 Å². The molecule has 0 radical (unpaired) electrons. The third-order valence-corrected chi connectivity index (χ3v) is 3.25. The van der Waals surface area contributed by atoms with Gasteiger partial charge < -0.3 is 9.94 Å². The molecule has 96 valence electrons. The predicted octanol–water partition coefficient (Wildman–Crippen LogP) is 2.70. The van der Waals surface area contributed by atoms with E-state index in [1.165, 1.54) is 0 Å². The lowest BCUT2D eigenvalue weighted by atomic mass is 10.1. The van der Waals surface area contributed by atoms with Gasteiger partial charge in [0, 0.05) is 0 Å². The second-order valence-corrected chi connectivity index (χ2v) is 5.14. The van der Waals surface area contributed by atoms with Gasteiger partial charge in [0.25, 0.3) is 0 Å². The van der Waals surface area contributed by atoms with E-state index in [-0.39, 0.29) is 17.3 Å². The maximum atomic E-state index is 11.0. The molecule has 0 spiro atoms. The van der Waals surface area contributed by atoms with E-state index in [1.54, 1.807) is 6.21 Å². The molecule has 4 heteroatoms. The van der Waals surface area contributed by atoms with Crippen molar-refractivity contribution in [1.29, 1.82) is 0 Å². The van der Waals surface area contributed by atoms with Crippen LogP contribution in [0.2, 0.25) is 0 Å². The summed E-state index contributed by atoms with van der Waals surface area (Å²) in [7, 11) is 0. The normalized spacial score (nSPS) is 27.2. The van der Waals surface area contributed by atoms with Crippen LogP contribution in [0.25, 0.3) is 0 Å². The van der Waals surface area contributed by atoms with E-state index in [9.17, 15) is 4.79 Å². The third-order valence-electron chi connectivity index (χ3n) is 3.25. The van der Waals surface area contributed by atoms with E-state index in [0.29, 0.717) is 6.61 Å². The number of allylic oxidation sites excluding steroid dienone is 2. The summed E-state index contributed by atoms with van der Waals surface area (Å²) >= 11 is 0. The average Bonchev–Trinajstić information content (AvgIpc) is 2.75. The highest BCUT2D eigenvalue weighted by Gasteiger charge is 2.60. The van der Waals surface area contributed by atoms with Gasteiger partial charge in [0.1, 0.15) is 6.61 Å². The van der Waals surface area contributed by atoms with Gasteiger partial charge in [-0.05, 0) is 30.3 Å². The van der Waals surface area contributed by atoms with Crippen LogP contribution in [-0.4, -0.2) is 23.9 Å². The van der Waals surface area contributed by atoms with Crippen molar-refractivity contribution in [3.05, 3.63) is 11.6 Å². The molecule has 1 rings (SSSR count). The van der Waals surface area contributed by atoms with Crippen LogP contribution in [0.5, 0.6) is 0 Å². The Hall–Kier alpha value is -1.32. The van der Waals surface area contributed by atoms with Crippen molar-refractivity contribution < 1.29 is 14.7 Å². The minimum Gasteiger partial charge on any atom is -0.481 e. The molecule has 0 aromatic rings. The molecule has 0 heterocycles. The number of carboxylic acids is 1. The van der Waals surface area contributed by atoms with Gasteiger partial charge in [-0.25, -0.2) is 0 Å². The predicted molar refractivity (Wildman–Crippen MR) is 66.9 cm³/mol. The van der Waals surface area contributed by atoms with Gasteiger partial charge in [-0.2, -0.15) is 0 Å². The van der Waals surface area contributed by atoms with Crippen molar-refractivity contribution in [2.24, 2.45) is 22.4 Å². The third kappa shape index (κ3) is 3.32. The van der Waals surface area contributed by atoms with Crippen molar-refractivity contribution in [3.8, 4) is 0 Å². The lowest BCUT2D eigenvalue weighted by Gasteiger charge is -1.98. The van der Waals surface area contributed by atoms with Crippen LogP contribution in [0.4, 0.5) is 0 Å². The highest BCUT2D eigenvalue weighted by atomic mass is 16.6. The minimum absolute atomic E-state index is 0.0950. The van der Waals surface area contributed by atoms with Crippen LogP contribution in [-0.2, 0) is 9.63 Å². The summed E-state index contributed by atoms with van der Waals surface area (Å²) in [6.07, 6.45) is 4.54. The number of rotatable bonds is 6. The number of nitrogens with zero attached hydrogens (tertiary/aromatic N) is 1. The topological polar surface area (TPSA) is 58.9 Å². The minimum atomic E-state index is -0.719. The first-order chi connectivity index (χ1) is 7.91. The van der Waals surface area contributed by atoms with E-state index in [0.717, 1.165) is 12.0 Å². The maximum absolute atomic E-state index is 11.0. The fourth-order valence-electron chi connectivity index (χ4n) is 2.05. The molecule has 0 saturated heterocycles. The molecular formula is C13H21NO3. The number of hydrogen-bond donors (Lipinski definition) is 1. The monoisotopic (exact) mass is 239 g/mol. The van der Waals surface area contributed by atoms with Gasteiger partial charge in [-0.15, -0.1) is 0 Å². The fraction of sp³-hybridized carbons (Fsp3) is 0.692. The second-order valence-electron chi connectivity index (χ2n) is 5.14. The van der Waals surface area contributed by atoms with Crippen LogP contribution in [0.1, 0.15) is 34.1 Å². The van der Waals surface area contributed by atoms with E-state index < -0.39 is 5.97 Å². The van der Waals surface area contributed by atoms with E-state index in [2.05, 4.69) is 5.16 Å². The van der Waals surface area contributed by atoms with Gasteiger partial charge in [-0.1, -0.05) is 32.0 Å². The first kappa shape index (κ1) is 13.7. The average molecular weight is 239 g/mol. The van der Waals surface area contributed by atoms with Gasteiger partial charge >= 0.3 is 5.97 Å². The molecule has 1 aliphatic carbocycles. The Labute approximate surface area is 102 Å².